The highest BCUT2D eigenvalue weighted by Gasteiger charge is 2.22. The Morgan fingerprint density at radius 1 is 1.71 bits per heavy atom. The molecule has 0 aromatic carbocycles. The number of nitrogen functional groups attached to an aromatic ring is 1. The van der Waals surface area contributed by atoms with E-state index in [4.69, 9.17) is 10.5 Å². The van der Waals surface area contributed by atoms with Gasteiger partial charge in [0, 0.05) is 5.38 Å². The molecule has 1 rings (SSSR count). The molecule has 1 atom stereocenters. The van der Waals surface area contributed by atoms with Crippen molar-refractivity contribution in [2.24, 2.45) is 0 Å². The number of nitrogens with zero attached hydrogens (tertiary/aromatic N) is 1. The molecule has 0 saturated carbocycles. The minimum atomic E-state index is -0.275. The van der Waals surface area contributed by atoms with Gasteiger partial charge in [0.15, 0.2) is 5.13 Å². The first-order valence-corrected chi connectivity index (χ1v) is 5.44. The van der Waals surface area contributed by atoms with Gasteiger partial charge in [-0.15, -0.1) is 11.3 Å². The first-order valence-electron chi connectivity index (χ1n) is 4.56. The number of aromatic nitrogens is 1. The predicted octanol–water partition coefficient (Wildman–Crippen LogP) is 1.78. The van der Waals surface area contributed by atoms with Gasteiger partial charge in [0.2, 0.25) is 0 Å². The molecule has 1 aromatic rings. The summed E-state index contributed by atoms with van der Waals surface area (Å²) in [7, 11) is 0. The standard InChI is InChI=1S/C9H14N2O2S/c1-3-6(8(12)13-4-2)7-5-14-9(10)11-7/h5-6H,3-4H2,1-2H3,(H2,10,11)/t6-/m1/s1. The molecule has 0 amide bonds. The van der Waals surface area contributed by atoms with E-state index in [2.05, 4.69) is 4.98 Å². The summed E-state index contributed by atoms with van der Waals surface area (Å²) in [5.74, 6) is -0.496. The number of anilines is 1. The van der Waals surface area contributed by atoms with Gasteiger partial charge in [-0.2, -0.15) is 0 Å². The van der Waals surface area contributed by atoms with Crippen LogP contribution in [0.15, 0.2) is 5.38 Å². The molecule has 5 heteroatoms. The lowest BCUT2D eigenvalue weighted by Crippen LogP contribution is -2.15. The van der Waals surface area contributed by atoms with Gasteiger partial charge in [-0.25, -0.2) is 4.98 Å². The van der Waals surface area contributed by atoms with Crippen LogP contribution in [-0.4, -0.2) is 17.6 Å². The molecule has 78 valence electrons. The average Bonchev–Trinajstić information content (AvgIpc) is 2.54. The average molecular weight is 214 g/mol. The number of carbonyl (C=O) groups excluding carboxylic acids is 1. The Bertz CT molecular complexity index is 312. The SMILES string of the molecule is CCOC(=O)[C@H](CC)c1csc(N)n1. The number of carbonyl (C=O) groups is 1. The van der Waals surface area contributed by atoms with E-state index in [9.17, 15) is 4.79 Å². The normalized spacial score (nSPS) is 12.4. The number of nitrogens with two attached hydrogens (primary N) is 1. The topological polar surface area (TPSA) is 65.2 Å². The van der Waals surface area contributed by atoms with Crippen molar-refractivity contribution in [1.82, 2.24) is 4.98 Å². The summed E-state index contributed by atoms with van der Waals surface area (Å²) in [5, 5.41) is 2.29. The Morgan fingerprint density at radius 2 is 2.43 bits per heavy atom. The molecule has 0 radical (unpaired) electrons. The van der Waals surface area contributed by atoms with Crippen molar-refractivity contribution < 1.29 is 9.53 Å². The van der Waals surface area contributed by atoms with Crippen LogP contribution >= 0.6 is 11.3 Å². The third-order valence-electron chi connectivity index (χ3n) is 1.88. The predicted molar refractivity (Wildman–Crippen MR) is 56.2 cm³/mol. The van der Waals surface area contributed by atoms with E-state index >= 15 is 0 Å². The molecule has 1 aromatic heterocycles. The maximum absolute atomic E-state index is 11.5. The highest BCUT2D eigenvalue weighted by Crippen LogP contribution is 2.23. The Labute approximate surface area is 87.1 Å². The van der Waals surface area contributed by atoms with Crippen molar-refractivity contribution in [3.05, 3.63) is 11.1 Å². The number of rotatable bonds is 4. The van der Waals surface area contributed by atoms with Crippen LogP contribution in [0.2, 0.25) is 0 Å². The zero-order valence-corrected chi connectivity index (χ0v) is 9.13. The van der Waals surface area contributed by atoms with E-state index in [0.717, 1.165) is 0 Å². The summed E-state index contributed by atoms with van der Waals surface area (Å²) in [5.41, 5.74) is 6.22. The fraction of sp³-hybridized carbons (Fsp3) is 0.556. The van der Waals surface area contributed by atoms with Gasteiger partial charge in [0.25, 0.3) is 0 Å². The number of ether oxygens (including phenoxy) is 1. The molecular weight excluding hydrogens is 200 g/mol. The molecule has 14 heavy (non-hydrogen) atoms. The monoisotopic (exact) mass is 214 g/mol. The van der Waals surface area contributed by atoms with Crippen LogP contribution in [0.3, 0.4) is 0 Å². The number of thiazole rings is 1. The summed E-state index contributed by atoms with van der Waals surface area (Å²) in [6.45, 7) is 4.12. The van der Waals surface area contributed by atoms with Crippen molar-refractivity contribution in [3.8, 4) is 0 Å². The molecule has 0 unspecified atom stereocenters. The molecular formula is C9H14N2O2S. The maximum Gasteiger partial charge on any atom is 0.315 e. The smallest absolute Gasteiger partial charge is 0.315 e. The number of hydrogen-bond donors (Lipinski definition) is 1. The molecule has 0 aliphatic heterocycles. The Kier molecular flexibility index (Phi) is 3.88. The molecule has 4 nitrogen and oxygen atoms in total. The van der Waals surface area contributed by atoms with E-state index in [1.165, 1.54) is 11.3 Å². The van der Waals surface area contributed by atoms with Crippen molar-refractivity contribution >= 4 is 22.4 Å². The second-order valence-corrected chi connectivity index (χ2v) is 3.71. The van der Waals surface area contributed by atoms with Gasteiger partial charge in [0.1, 0.15) is 0 Å². The maximum atomic E-state index is 11.5. The fourth-order valence-electron chi connectivity index (χ4n) is 1.20. The third-order valence-corrected chi connectivity index (χ3v) is 2.57. The first-order chi connectivity index (χ1) is 6.69. The highest BCUT2D eigenvalue weighted by atomic mass is 32.1. The molecule has 1 heterocycles. The lowest BCUT2D eigenvalue weighted by Gasteiger charge is -2.10. The number of hydrogen-bond acceptors (Lipinski definition) is 5. The lowest BCUT2D eigenvalue weighted by molar-refractivity contribution is -0.145. The van der Waals surface area contributed by atoms with E-state index in [0.29, 0.717) is 23.9 Å². The summed E-state index contributed by atoms with van der Waals surface area (Å²) in [6.07, 6.45) is 0.683. The van der Waals surface area contributed by atoms with Crippen LogP contribution in [0, 0.1) is 0 Å². The van der Waals surface area contributed by atoms with Crippen LogP contribution < -0.4 is 5.73 Å². The van der Waals surface area contributed by atoms with Gasteiger partial charge < -0.3 is 10.5 Å². The lowest BCUT2D eigenvalue weighted by atomic mass is 10.0. The highest BCUT2D eigenvalue weighted by molar-refractivity contribution is 7.13. The summed E-state index contributed by atoms with van der Waals surface area (Å²) >= 11 is 1.34. The van der Waals surface area contributed by atoms with Gasteiger partial charge in [-0.05, 0) is 13.3 Å². The van der Waals surface area contributed by atoms with Gasteiger partial charge in [-0.3, -0.25) is 4.79 Å². The number of esters is 1. The zero-order valence-electron chi connectivity index (χ0n) is 8.32. The quantitative estimate of drug-likeness (QED) is 0.776. The van der Waals surface area contributed by atoms with Crippen LogP contribution in [0.5, 0.6) is 0 Å². The minimum Gasteiger partial charge on any atom is -0.465 e. The fourth-order valence-corrected chi connectivity index (χ4v) is 1.82. The minimum absolute atomic E-state index is 0.222. The first kappa shape index (κ1) is 11.0. The van der Waals surface area contributed by atoms with Gasteiger partial charge in [0.05, 0.1) is 18.2 Å². The molecule has 2 N–H and O–H groups in total. The van der Waals surface area contributed by atoms with Crippen molar-refractivity contribution in [2.75, 3.05) is 12.3 Å². The van der Waals surface area contributed by atoms with E-state index < -0.39 is 0 Å². The van der Waals surface area contributed by atoms with Gasteiger partial charge >= 0.3 is 5.97 Å². The second-order valence-electron chi connectivity index (χ2n) is 2.82. The Hall–Kier alpha value is -1.10. The Morgan fingerprint density at radius 3 is 2.86 bits per heavy atom. The van der Waals surface area contributed by atoms with Crippen molar-refractivity contribution in [2.45, 2.75) is 26.2 Å². The van der Waals surface area contributed by atoms with E-state index in [1.807, 2.05) is 6.92 Å². The molecule has 0 aliphatic rings. The molecule has 0 aliphatic carbocycles. The Balaban J connectivity index is 2.76. The van der Waals surface area contributed by atoms with Crippen LogP contribution in [0.4, 0.5) is 5.13 Å². The molecule has 0 spiro atoms. The van der Waals surface area contributed by atoms with E-state index in [-0.39, 0.29) is 11.9 Å². The second kappa shape index (κ2) is 4.95. The van der Waals surface area contributed by atoms with Crippen molar-refractivity contribution in [3.63, 3.8) is 0 Å². The van der Waals surface area contributed by atoms with Gasteiger partial charge in [-0.1, -0.05) is 6.92 Å². The third kappa shape index (κ3) is 2.45. The van der Waals surface area contributed by atoms with Crippen LogP contribution in [0.1, 0.15) is 31.9 Å². The molecule has 0 bridgehead atoms. The largest absolute Gasteiger partial charge is 0.465 e. The summed E-state index contributed by atoms with van der Waals surface area (Å²) < 4.78 is 4.94. The molecule has 0 fully saturated rings. The molecule has 0 saturated heterocycles. The van der Waals surface area contributed by atoms with E-state index in [1.54, 1.807) is 12.3 Å². The van der Waals surface area contributed by atoms with Crippen molar-refractivity contribution in [1.29, 1.82) is 0 Å². The zero-order chi connectivity index (χ0) is 10.6. The van der Waals surface area contributed by atoms with Crippen LogP contribution in [-0.2, 0) is 9.53 Å². The summed E-state index contributed by atoms with van der Waals surface area (Å²) in [4.78, 5) is 15.6. The van der Waals surface area contributed by atoms with Crippen LogP contribution in [0.25, 0.3) is 0 Å². The summed E-state index contributed by atoms with van der Waals surface area (Å²) in [6, 6.07) is 0.